The summed E-state index contributed by atoms with van der Waals surface area (Å²) in [5.41, 5.74) is 4.47. The molecule has 2 rings (SSSR count). The number of aromatic nitrogens is 1. The van der Waals surface area contributed by atoms with Gasteiger partial charge in [0.1, 0.15) is 0 Å². The molecular weight excluding hydrogens is 349 g/mol. The molecule has 0 aliphatic heterocycles. The fourth-order valence-corrected chi connectivity index (χ4v) is 1.78. The Morgan fingerprint density at radius 3 is 2.71 bits per heavy atom. The van der Waals surface area contributed by atoms with E-state index in [1.165, 1.54) is 12.3 Å². The van der Waals surface area contributed by atoms with Crippen LogP contribution in [0, 0.1) is 15.9 Å². The second-order valence-corrected chi connectivity index (χ2v) is 4.76. The molecule has 0 aliphatic carbocycles. The second-order valence-electron chi connectivity index (χ2n) is 3.85. The van der Waals surface area contributed by atoms with E-state index in [1.807, 2.05) is 0 Å². The van der Waals surface area contributed by atoms with Gasteiger partial charge in [0.15, 0.2) is 5.82 Å². The van der Waals surface area contributed by atoms with Crippen molar-refractivity contribution in [1.82, 2.24) is 4.98 Å². The van der Waals surface area contributed by atoms with Gasteiger partial charge in [-0.15, -0.1) is 0 Å². The number of hydrogen-bond donors (Lipinski definition) is 1. The molecule has 0 atom stereocenters. The minimum atomic E-state index is -0.822. The number of amides is 1. The first-order chi connectivity index (χ1) is 9.88. The molecule has 21 heavy (non-hydrogen) atoms. The lowest BCUT2D eigenvalue weighted by molar-refractivity contribution is -0.385. The molecule has 0 unspecified atom stereocenters. The predicted octanol–water partition coefficient (Wildman–Crippen LogP) is 2.78. The number of nitro groups is 1. The van der Waals surface area contributed by atoms with Gasteiger partial charge in [-0.2, -0.15) is 0 Å². The van der Waals surface area contributed by atoms with Crippen molar-refractivity contribution in [2.45, 2.75) is 0 Å². The lowest BCUT2D eigenvalue weighted by Gasteiger charge is -2.07. The van der Waals surface area contributed by atoms with Gasteiger partial charge in [0.25, 0.3) is 5.88 Å². The highest BCUT2D eigenvalue weighted by Crippen LogP contribution is 2.32. The molecule has 0 spiro atoms. The van der Waals surface area contributed by atoms with Crippen molar-refractivity contribution in [3.05, 3.63) is 56.4 Å². The smallest absolute Gasteiger partial charge is 0.312 e. The number of hydrogen-bond acceptors (Lipinski definition) is 5. The van der Waals surface area contributed by atoms with E-state index in [0.717, 1.165) is 18.2 Å². The van der Waals surface area contributed by atoms with Crippen molar-refractivity contribution >= 4 is 27.5 Å². The molecule has 2 aromatic rings. The summed E-state index contributed by atoms with van der Waals surface area (Å²) in [5, 5.41) is 11.0. The Labute approximate surface area is 125 Å². The number of carbonyl (C=O) groups is 1. The van der Waals surface area contributed by atoms with Gasteiger partial charge in [0, 0.05) is 22.3 Å². The zero-order chi connectivity index (χ0) is 15.6. The second kappa shape index (κ2) is 5.83. The first-order valence-electron chi connectivity index (χ1n) is 5.45. The molecule has 1 heterocycles. The molecule has 0 radical (unpaired) electrons. The number of benzene rings is 1. The van der Waals surface area contributed by atoms with Crippen molar-refractivity contribution in [3.8, 4) is 11.6 Å². The van der Waals surface area contributed by atoms with Crippen LogP contribution >= 0.6 is 15.9 Å². The van der Waals surface area contributed by atoms with Gasteiger partial charge in [-0.3, -0.25) is 14.9 Å². The average molecular weight is 356 g/mol. The number of nitro benzene ring substituents is 1. The lowest BCUT2D eigenvalue weighted by Crippen LogP contribution is -2.11. The molecule has 0 bridgehead atoms. The van der Waals surface area contributed by atoms with E-state index in [-0.39, 0.29) is 11.3 Å². The van der Waals surface area contributed by atoms with Gasteiger partial charge in [-0.1, -0.05) is 0 Å². The third-order valence-electron chi connectivity index (χ3n) is 2.42. The van der Waals surface area contributed by atoms with Crippen molar-refractivity contribution in [2.75, 3.05) is 0 Å². The first kappa shape index (κ1) is 14.9. The number of carbonyl (C=O) groups excluding carboxylic acids is 1. The molecule has 2 N–H and O–H groups in total. The summed E-state index contributed by atoms with van der Waals surface area (Å²) in [6.45, 7) is 0. The van der Waals surface area contributed by atoms with Gasteiger partial charge in [0.2, 0.25) is 11.7 Å². The molecular formula is C12H7BrFN3O4. The maximum absolute atomic E-state index is 13.6. The largest absolute Gasteiger partial charge is 0.429 e. The summed E-state index contributed by atoms with van der Waals surface area (Å²) >= 11 is 3.03. The highest BCUT2D eigenvalue weighted by molar-refractivity contribution is 9.10. The van der Waals surface area contributed by atoms with Crippen molar-refractivity contribution < 1.29 is 18.8 Å². The van der Waals surface area contributed by atoms with E-state index in [4.69, 9.17) is 10.5 Å². The normalized spacial score (nSPS) is 10.2. The standard InChI is InChI=1S/C12H7BrFN3O4/c13-7-4-8(14)12(16-5-7)21-10-2-1-6(11(15)18)3-9(10)17(19)20/h1-5H,(H2,15,18). The van der Waals surface area contributed by atoms with Crippen LogP contribution < -0.4 is 10.5 Å². The molecule has 7 nitrogen and oxygen atoms in total. The molecule has 0 saturated carbocycles. The van der Waals surface area contributed by atoms with E-state index >= 15 is 0 Å². The Bertz CT molecular complexity index is 738. The monoisotopic (exact) mass is 355 g/mol. The number of ether oxygens (including phenoxy) is 1. The van der Waals surface area contributed by atoms with E-state index in [0.29, 0.717) is 4.47 Å². The fourth-order valence-electron chi connectivity index (χ4n) is 1.48. The number of pyridine rings is 1. The van der Waals surface area contributed by atoms with E-state index < -0.39 is 28.2 Å². The third kappa shape index (κ3) is 3.31. The van der Waals surface area contributed by atoms with Crippen molar-refractivity contribution in [1.29, 1.82) is 0 Å². The Morgan fingerprint density at radius 2 is 2.14 bits per heavy atom. The Hall–Kier alpha value is -2.55. The minimum Gasteiger partial charge on any atom is -0.429 e. The molecule has 0 aliphatic rings. The highest BCUT2D eigenvalue weighted by atomic mass is 79.9. The average Bonchev–Trinajstić information content (AvgIpc) is 2.41. The molecule has 0 saturated heterocycles. The van der Waals surface area contributed by atoms with Crippen LogP contribution in [0.4, 0.5) is 10.1 Å². The minimum absolute atomic E-state index is 0.0571. The Balaban J connectivity index is 2.44. The summed E-state index contributed by atoms with van der Waals surface area (Å²) in [5.74, 6) is -2.29. The third-order valence-corrected chi connectivity index (χ3v) is 2.85. The van der Waals surface area contributed by atoms with Gasteiger partial charge >= 0.3 is 5.69 Å². The summed E-state index contributed by atoms with van der Waals surface area (Å²) < 4.78 is 19.1. The SMILES string of the molecule is NC(=O)c1ccc(Oc2ncc(Br)cc2F)c([N+](=O)[O-])c1. The number of nitrogens with two attached hydrogens (primary N) is 1. The van der Waals surface area contributed by atoms with E-state index in [2.05, 4.69) is 20.9 Å². The fraction of sp³-hybridized carbons (Fsp3) is 0. The zero-order valence-corrected chi connectivity index (χ0v) is 11.8. The zero-order valence-electron chi connectivity index (χ0n) is 10.2. The number of primary amides is 1. The predicted molar refractivity (Wildman–Crippen MR) is 73.6 cm³/mol. The summed E-state index contributed by atoms with van der Waals surface area (Å²) in [7, 11) is 0. The van der Waals surface area contributed by atoms with Crippen LogP contribution in [0.5, 0.6) is 11.6 Å². The summed E-state index contributed by atoms with van der Waals surface area (Å²) in [6.07, 6.45) is 1.28. The van der Waals surface area contributed by atoms with Crippen LogP contribution in [0.2, 0.25) is 0 Å². The highest BCUT2D eigenvalue weighted by Gasteiger charge is 2.20. The van der Waals surface area contributed by atoms with Crippen molar-refractivity contribution in [2.24, 2.45) is 5.73 Å². The molecule has 1 aromatic heterocycles. The number of nitrogens with zero attached hydrogens (tertiary/aromatic N) is 2. The summed E-state index contributed by atoms with van der Waals surface area (Å²) in [6, 6.07) is 4.45. The van der Waals surface area contributed by atoms with Gasteiger partial charge < -0.3 is 10.5 Å². The van der Waals surface area contributed by atoms with Crippen LogP contribution in [-0.2, 0) is 0 Å². The van der Waals surface area contributed by atoms with Gasteiger partial charge in [0.05, 0.1) is 4.92 Å². The van der Waals surface area contributed by atoms with Gasteiger partial charge in [-0.05, 0) is 34.1 Å². The molecule has 1 amide bonds. The van der Waals surface area contributed by atoms with Crippen molar-refractivity contribution in [3.63, 3.8) is 0 Å². The molecule has 9 heteroatoms. The number of rotatable bonds is 4. The van der Waals surface area contributed by atoms with Crippen LogP contribution in [0.25, 0.3) is 0 Å². The molecule has 108 valence electrons. The Morgan fingerprint density at radius 1 is 1.43 bits per heavy atom. The summed E-state index contributed by atoms with van der Waals surface area (Å²) in [4.78, 5) is 24.9. The molecule has 1 aromatic carbocycles. The van der Waals surface area contributed by atoms with Crippen LogP contribution in [0.1, 0.15) is 10.4 Å². The van der Waals surface area contributed by atoms with E-state index in [1.54, 1.807) is 0 Å². The van der Waals surface area contributed by atoms with Crippen LogP contribution in [0.3, 0.4) is 0 Å². The maximum atomic E-state index is 13.6. The first-order valence-corrected chi connectivity index (χ1v) is 6.25. The quantitative estimate of drug-likeness (QED) is 0.669. The van der Waals surface area contributed by atoms with E-state index in [9.17, 15) is 19.3 Å². The maximum Gasteiger partial charge on any atom is 0.312 e. The number of halogens is 2. The van der Waals surface area contributed by atoms with Gasteiger partial charge in [-0.25, -0.2) is 9.37 Å². The van der Waals surface area contributed by atoms with Crippen LogP contribution in [0.15, 0.2) is 34.9 Å². The lowest BCUT2D eigenvalue weighted by atomic mass is 10.2. The molecule has 0 fully saturated rings. The Kier molecular flexibility index (Phi) is 4.13. The van der Waals surface area contributed by atoms with Crippen LogP contribution in [-0.4, -0.2) is 15.8 Å². The topological polar surface area (TPSA) is 108 Å².